The molecule has 0 saturated heterocycles. The van der Waals surface area contributed by atoms with Gasteiger partial charge in [-0.2, -0.15) is 0 Å². The van der Waals surface area contributed by atoms with Gasteiger partial charge < -0.3 is 4.74 Å². The number of hydrogen-bond donors (Lipinski definition) is 0. The van der Waals surface area contributed by atoms with Gasteiger partial charge in [0.2, 0.25) is 0 Å². The van der Waals surface area contributed by atoms with Gasteiger partial charge in [0.05, 0.1) is 42.0 Å². The molecule has 0 bridgehead atoms. The molecule has 0 aliphatic rings. The minimum Gasteiger partial charge on any atom is -0.466 e. The smallest absolute Gasteiger partial charge is 0.310 e. The number of carbonyl (C=O) groups excluding carboxylic acids is 1. The van der Waals surface area contributed by atoms with Gasteiger partial charge in [0.1, 0.15) is 0 Å². The summed E-state index contributed by atoms with van der Waals surface area (Å²) in [4.78, 5) is 22.8. The van der Waals surface area contributed by atoms with Gasteiger partial charge in [0.15, 0.2) is 0 Å². The Morgan fingerprint density at radius 1 is 0.879 bits per heavy atom. The van der Waals surface area contributed by atoms with E-state index in [4.69, 9.17) is 4.74 Å². The van der Waals surface area contributed by atoms with Crippen molar-refractivity contribution in [2.75, 3.05) is 6.61 Å². The molecule has 4 aromatic rings. The molecule has 3 aromatic heterocycles. The first-order chi connectivity index (χ1) is 16.2. The Kier molecular flexibility index (Phi) is 7.50. The molecule has 168 valence electrons. The van der Waals surface area contributed by atoms with Crippen LogP contribution in [-0.2, 0) is 35.6 Å². The summed E-state index contributed by atoms with van der Waals surface area (Å²) in [5.74, 6) is -0.228. The van der Waals surface area contributed by atoms with Crippen LogP contribution in [0.1, 0.15) is 29.6 Å². The van der Waals surface area contributed by atoms with Crippen LogP contribution in [0.15, 0.2) is 79.3 Å². The van der Waals surface area contributed by atoms with Crippen molar-refractivity contribution < 1.29 is 9.53 Å². The third-order valence-electron chi connectivity index (χ3n) is 5.00. The molecule has 0 spiro atoms. The normalized spacial score (nSPS) is 11.0. The van der Waals surface area contributed by atoms with E-state index in [9.17, 15) is 4.79 Å². The van der Waals surface area contributed by atoms with Crippen molar-refractivity contribution >= 4 is 5.97 Å². The number of hydrogen-bond acceptors (Lipinski definition) is 7. The molecule has 0 amide bonds. The van der Waals surface area contributed by atoms with Crippen LogP contribution in [0, 0.1) is 0 Å². The fourth-order valence-corrected chi connectivity index (χ4v) is 3.48. The van der Waals surface area contributed by atoms with Crippen LogP contribution in [0.25, 0.3) is 5.69 Å². The van der Waals surface area contributed by atoms with Crippen molar-refractivity contribution in [3.63, 3.8) is 0 Å². The van der Waals surface area contributed by atoms with Gasteiger partial charge in [-0.15, -0.1) is 5.10 Å². The molecule has 8 nitrogen and oxygen atoms in total. The lowest BCUT2D eigenvalue weighted by Crippen LogP contribution is -2.23. The summed E-state index contributed by atoms with van der Waals surface area (Å²) in [6.07, 6.45) is 5.78. The number of rotatable bonds is 10. The number of aromatic nitrogens is 5. The summed E-state index contributed by atoms with van der Waals surface area (Å²) in [6, 6.07) is 19.5. The number of nitrogens with zero attached hydrogens (tertiary/aromatic N) is 6. The summed E-state index contributed by atoms with van der Waals surface area (Å²) >= 11 is 0. The SMILES string of the molecule is CCOC(=O)Cc1ccc(-n2cc(CN(Cc3ccccn3)Cc3ccccn3)nn2)cc1. The second-order valence-electron chi connectivity index (χ2n) is 7.59. The second-order valence-corrected chi connectivity index (χ2v) is 7.59. The molecular formula is C25H26N6O2. The third kappa shape index (κ3) is 6.54. The predicted molar refractivity (Wildman–Crippen MR) is 123 cm³/mol. The van der Waals surface area contributed by atoms with Crippen molar-refractivity contribution in [2.24, 2.45) is 0 Å². The summed E-state index contributed by atoms with van der Waals surface area (Å²) in [6.45, 7) is 4.14. The zero-order valence-corrected chi connectivity index (χ0v) is 18.5. The molecule has 33 heavy (non-hydrogen) atoms. The van der Waals surface area contributed by atoms with E-state index in [1.807, 2.05) is 66.9 Å². The van der Waals surface area contributed by atoms with E-state index in [0.29, 0.717) is 26.2 Å². The first kappa shape index (κ1) is 22.3. The second kappa shape index (κ2) is 11.1. The lowest BCUT2D eigenvalue weighted by Gasteiger charge is -2.20. The van der Waals surface area contributed by atoms with E-state index < -0.39 is 0 Å². The molecular weight excluding hydrogens is 416 g/mol. The van der Waals surface area contributed by atoms with Crippen LogP contribution in [0.2, 0.25) is 0 Å². The molecule has 8 heteroatoms. The van der Waals surface area contributed by atoms with E-state index in [1.54, 1.807) is 24.0 Å². The number of carbonyl (C=O) groups is 1. The van der Waals surface area contributed by atoms with E-state index in [1.165, 1.54) is 0 Å². The Morgan fingerprint density at radius 3 is 2.09 bits per heavy atom. The molecule has 3 heterocycles. The Labute approximate surface area is 192 Å². The fraction of sp³-hybridized carbons (Fsp3) is 0.240. The molecule has 0 fully saturated rings. The van der Waals surface area contributed by atoms with E-state index in [2.05, 4.69) is 25.2 Å². The largest absolute Gasteiger partial charge is 0.466 e. The van der Waals surface area contributed by atoms with Crippen molar-refractivity contribution in [3.05, 3.63) is 102 Å². The van der Waals surface area contributed by atoms with Gasteiger partial charge in [-0.3, -0.25) is 19.7 Å². The van der Waals surface area contributed by atoms with Gasteiger partial charge in [0.25, 0.3) is 0 Å². The number of esters is 1. The van der Waals surface area contributed by atoms with Crippen LogP contribution in [0.4, 0.5) is 0 Å². The van der Waals surface area contributed by atoms with Gasteiger partial charge >= 0.3 is 5.97 Å². The highest BCUT2D eigenvalue weighted by Gasteiger charge is 2.13. The van der Waals surface area contributed by atoms with Crippen LogP contribution in [0.5, 0.6) is 0 Å². The maximum absolute atomic E-state index is 11.7. The highest BCUT2D eigenvalue weighted by atomic mass is 16.5. The van der Waals surface area contributed by atoms with Crippen LogP contribution >= 0.6 is 0 Å². The Morgan fingerprint density at radius 2 is 1.52 bits per heavy atom. The first-order valence-corrected chi connectivity index (χ1v) is 10.9. The lowest BCUT2D eigenvalue weighted by molar-refractivity contribution is -0.142. The topological polar surface area (TPSA) is 86.0 Å². The fourth-order valence-electron chi connectivity index (χ4n) is 3.48. The summed E-state index contributed by atoms with van der Waals surface area (Å²) in [7, 11) is 0. The first-order valence-electron chi connectivity index (χ1n) is 10.9. The Hall–Kier alpha value is -3.91. The number of pyridine rings is 2. The summed E-state index contributed by atoms with van der Waals surface area (Å²) in [5, 5.41) is 8.66. The predicted octanol–water partition coefficient (Wildman–Crippen LogP) is 3.37. The standard InChI is InChI=1S/C25H26N6O2/c1-2-33-25(32)15-20-9-11-24(12-10-20)31-19-23(28-29-31)18-30(16-21-7-3-5-13-26-21)17-22-8-4-6-14-27-22/h3-14,19H,2,15-18H2,1H3. The maximum atomic E-state index is 11.7. The van der Waals surface area contributed by atoms with Crippen molar-refractivity contribution in [1.82, 2.24) is 29.9 Å². The molecule has 0 radical (unpaired) electrons. The zero-order valence-electron chi connectivity index (χ0n) is 18.5. The molecule has 0 aliphatic carbocycles. The summed E-state index contributed by atoms with van der Waals surface area (Å²) < 4.78 is 6.75. The summed E-state index contributed by atoms with van der Waals surface area (Å²) in [5.41, 5.74) is 4.59. The molecule has 1 aromatic carbocycles. The number of ether oxygens (including phenoxy) is 1. The molecule has 0 saturated carbocycles. The van der Waals surface area contributed by atoms with E-state index in [-0.39, 0.29) is 12.4 Å². The quantitative estimate of drug-likeness (QED) is 0.348. The van der Waals surface area contributed by atoms with Gasteiger partial charge in [-0.05, 0) is 48.9 Å². The van der Waals surface area contributed by atoms with Crippen LogP contribution < -0.4 is 0 Å². The average Bonchev–Trinajstić information content (AvgIpc) is 3.29. The monoisotopic (exact) mass is 442 g/mol. The Bertz CT molecular complexity index is 1110. The molecule has 0 unspecified atom stereocenters. The highest BCUT2D eigenvalue weighted by Crippen LogP contribution is 2.14. The van der Waals surface area contributed by atoms with Crippen molar-refractivity contribution in [3.8, 4) is 5.69 Å². The minimum absolute atomic E-state index is 0.228. The van der Waals surface area contributed by atoms with Crippen LogP contribution in [-0.4, -0.2) is 42.4 Å². The van der Waals surface area contributed by atoms with Crippen molar-refractivity contribution in [1.29, 1.82) is 0 Å². The van der Waals surface area contributed by atoms with Crippen molar-refractivity contribution in [2.45, 2.75) is 33.0 Å². The van der Waals surface area contributed by atoms with Crippen LogP contribution in [0.3, 0.4) is 0 Å². The molecule has 0 aliphatic heterocycles. The maximum Gasteiger partial charge on any atom is 0.310 e. The molecule has 4 rings (SSSR count). The molecule has 0 N–H and O–H groups in total. The lowest BCUT2D eigenvalue weighted by atomic mass is 10.1. The van der Waals surface area contributed by atoms with Gasteiger partial charge in [-0.1, -0.05) is 29.5 Å². The zero-order chi connectivity index (χ0) is 22.9. The highest BCUT2D eigenvalue weighted by molar-refractivity contribution is 5.72. The van der Waals surface area contributed by atoms with Gasteiger partial charge in [0, 0.05) is 32.0 Å². The van der Waals surface area contributed by atoms with E-state index >= 15 is 0 Å². The Balaban J connectivity index is 1.45. The average molecular weight is 443 g/mol. The number of benzene rings is 1. The minimum atomic E-state index is -0.228. The third-order valence-corrected chi connectivity index (χ3v) is 5.00. The molecule has 0 atom stereocenters. The van der Waals surface area contributed by atoms with E-state index in [0.717, 1.165) is 28.3 Å². The van der Waals surface area contributed by atoms with Gasteiger partial charge in [-0.25, -0.2) is 4.68 Å².